The van der Waals surface area contributed by atoms with Gasteiger partial charge in [-0.25, -0.2) is 9.67 Å². The molecule has 0 bridgehead atoms. The average Bonchev–Trinajstić information content (AvgIpc) is 3.32. The van der Waals surface area contributed by atoms with Crippen molar-refractivity contribution in [3.63, 3.8) is 0 Å². The predicted octanol–water partition coefficient (Wildman–Crippen LogP) is 3.87. The summed E-state index contributed by atoms with van der Waals surface area (Å²) in [7, 11) is 0. The van der Waals surface area contributed by atoms with Crippen LogP contribution in [-0.4, -0.2) is 37.8 Å². The number of benzene rings is 1. The van der Waals surface area contributed by atoms with E-state index in [2.05, 4.69) is 54.0 Å². The lowest BCUT2D eigenvalue weighted by molar-refractivity contribution is 0.365. The van der Waals surface area contributed by atoms with Gasteiger partial charge in [-0.05, 0) is 45.7 Å². The molecule has 4 aromatic rings. The Morgan fingerprint density at radius 2 is 1.90 bits per heavy atom. The molecule has 1 saturated heterocycles. The molecule has 0 aliphatic carbocycles. The lowest BCUT2D eigenvalue weighted by atomic mass is 9.98. The van der Waals surface area contributed by atoms with E-state index in [1.807, 2.05) is 10.7 Å². The molecule has 8 heteroatoms. The molecule has 7 nitrogen and oxygen atoms in total. The van der Waals surface area contributed by atoms with Crippen LogP contribution in [0.2, 0.25) is 0 Å². The van der Waals surface area contributed by atoms with Crippen molar-refractivity contribution < 1.29 is 0 Å². The van der Waals surface area contributed by atoms with Gasteiger partial charge < -0.3 is 4.90 Å². The van der Waals surface area contributed by atoms with Crippen molar-refractivity contribution >= 4 is 38.5 Å². The maximum atomic E-state index is 12.6. The van der Waals surface area contributed by atoms with E-state index < -0.39 is 0 Å². The lowest BCUT2D eigenvalue weighted by Gasteiger charge is -2.31. The largest absolute Gasteiger partial charge is 0.342 e. The molecule has 29 heavy (non-hydrogen) atoms. The first-order valence-corrected chi connectivity index (χ1v) is 10.8. The van der Waals surface area contributed by atoms with Gasteiger partial charge >= 0.3 is 0 Å². The van der Waals surface area contributed by atoms with Crippen LogP contribution in [0.3, 0.4) is 0 Å². The molecule has 5 rings (SSSR count). The molecule has 1 aromatic carbocycles. The molecule has 0 unspecified atom stereocenters. The number of anilines is 1. The SMILES string of the molecule is CC(C)(C)n1ncc2c(=O)[nH]c(N3CCC(c4nc5ccccc5s4)CC3)nc21. The Hall–Kier alpha value is -2.74. The van der Waals surface area contributed by atoms with Crippen molar-refractivity contribution in [3.8, 4) is 0 Å². The topological polar surface area (TPSA) is 79.7 Å². The number of nitrogens with one attached hydrogen (secondary N) is 1. The lowest BCUT2D eigenvalue weighted by Crippen LogP contribution is -2.35. The third-order valence-electron chi connectivity index (χ3n) is 5.52. The third-order valence-corrected chi connectivity index (χ3v) is 6.71. The Balaban J connectivity index is 1.40. The van der Waals surface area contributed by atoms with Crippen molar-refractivity contribution in [2.75, 3.05) is 18.0 Å². The van der Waals surface area contributed by atoms with Gasteiger partial charge in [0.15, 0.2) is 5.65 Å². The number of piperidine rings is 1. The summed E-state index contributed by atoms with van der Waals surface area (Å²) in [6.07, 6.45) is 3.61. The first-order chi connectivity index (χ1) is 13.9. The third kappa shape index (κ3) is 3.21. The molecule has 1 N–H and O–H groups in total. The molecular formula is C21H24N6OS. The second-order valence-electron chi connectivity index (χ2n) is 8.64. The number of H-pyrrole nitrogens is 1. The van der Waals surface area contributed by atoms with Gasteiger partial charge in [0.1, 0.15) is 5.39 Å². The second-order valence-corrected chi connectivity index (χ2v) is 9.70. The Morgan fingerprint density at radius 3 is 2.62 bits per heavy atom. The van der Waals surface area contributed by atoms with Crippen LogP contribution in [0.1, 0.15) is 44.5 Å². The predicted molar refractivity (Wildman–Crippen MR) is 117 cm³/mol. The van der Waals surface area contributed by atoms with Crippen molar-refractivity contribution in [2.45, 2.75) is 45.1 Å². The number of aromatic amines is 1. The van der Waals surface area contributed by atoms with E-state index >= 15 is 0 Å². The Morgan fingerprint density at radius 1 is 1.14 bits per heavy atom. The van der Waals surface area contributed by atoms with Gasteiger partial charge in [-0.3, -0.25) is 9.78 Å². The van der Waals surface area contributed by atoms with Crippen molar-refractivity contribution in [2.24, 2.45) is 0 Å². The summed E-state index contributed by atoms with van der Waals surface area (Å²) in [5.41, 5.74) is 1.36. The van der Waals surface area contributed by atoms with Gasteiger partial charge in [-0.15, -0.1) is 11.3 Å². The van der Waals surface area contributed by atoms with Crippen LogP contribution >= 0.6 is 11.3 Å². The summed E-state index contributed by atoms with van der Waals surface area (Å²) in [4.78, 5) is 27.3. The van der Waals surface area contributed by atoms with Crippen LogP contribution in [0.5, 0.6) is 0 Å². The fraction of sp³-hybridized carbons (Fsp3) is 0.429. The van der Waals surface area contributed by atoms with Crippen molar-refractivity contribution in [1.82, 2.24) is 24.7 Å². The Kier molecular flexibility index (Phi) is 4.20. The maximum absolute atomic E-state index is 12.6. The molecule has 0 amide bonds. The normalized spacial score (nSPS) is 16.2. The van der Waals surface area contributed by atoms with Crippen molar-refractivity contribution in [3.05, 3.63) is 45.8 Å². The number of nitrogens with zero attached hydrogens (tertiary/aromatic N) is 5. The van der Waals surface area contributed by atoms with Crippen LogP contribution in [0.25, 0.3) is 21.3 Å². The standard InChI is InChI=1S/C21H24N6OS/c1-21(2,3)27-17-14(12-22-27)18(28)25-20(24-17)26-10-8-13(9-11-26)19-23-15-6-4-5-7-16(15)29-19/h4-7,12-13H,8-11H2,1-3H3,(H,24,25,28). The number of rotatable bonds is 2. The fourth-order valence-electron chi connectivity index (χ4n) is 3.95. The summed E-state index contributed by atoms with van der Waals surface area (Å²) in [6, 6.07) is 8.31. The highest BCUT2D eigenvalue weighted by Gasteiger charge is 2.26. The van der Waals surface area contributed by atoms with E-state index in [9.17, 15) is 4.79 Å². The van der Waals surface area contributed by atoms with Crippen LogP contribution in [-0.2, 0) is 5.54 Å². The van der Waals surface area contributed by atoms with Gasteiger partial charge in [-0.1, -0.05) is 12.1 Å². The minimum atomic E-state index is -0.236. The zero-order chi connectivity index (χ0) is 20.2. The van der Waals surface area contributed by atoms with E-state index in [-0.39, 0.29) is 11.1 Å². The molecule has 4 heterocycles. The molecule has 0 spiro atoms. The summed E-state index contributed by atoms with van der Waals surface area (Å²) < 4.78 is 3.08. The number of thiazole rings is 1. The van der Waals surface area contributed by atoms with Gasteiger partial charge in [0, 0.05) is 19.0 Å². The summed E-state index contributed by atoms with van der Waals surface area (Å²) in [6.45, 7) is 7.87. The fourth-order valence-corrected chi connectivity index (χ4v) is 5.09. The highest BCUT2D eigenvalue weighted by Crippen LogP contribution is 2.34. The molecule has 1 aliphatic heterocycles. The molecule has 0 atom stereocenters. The van der Waals surface area contributed by atoms with E-state index in [4.69, 9.17) is 9.97 Å². The van der Waals surface area contributed by atoms with Gasteiger partial charge in [-0.2, -0.15) is 10.1 Å². The minimum absolute atomic E-state index is 0.131. The van der Waals surface area contributed by atoms with Crippen LogP contribution in [0.4, 0.5) is 5.95 Å². The van der Waals surface area contributed by atoms with Crippen LogP contribution in [0, 0.1) is 0 Å². The smallest absolute Gasteiger partial charge is 0.263 e. The number of fused-ring (bicyclic) bond motifs is 2. The number of para-hydroxylation sites is 1. The van der Waals surface area contributed by atoms with Crippen LogP contribution < -0.4 is 10.5 Å². The Labute approximate surface area is 172 Å². The molecule has 0 saturated carbocycles. The zero-order valence-corrected chi connectivity index (χ0v) is 17.7. The van der Waals surface area contributed by atoms with E-state index in [0.29, 0.717) is 22.9 Å². The molecular weight excluding hydrogens is 384 g/mol. The number of hydrogen-bond acceptors (Lipinski definition) is 6. The average molecular weight is 409 g/mol. The van der Waals surface area contributed by atoms with Gasteiger partial charge in [0.2, 0.25) is 5.95 Å². The van der Waals surface area contributed by atoms with Crippen molar-refractivity contribution in [1.29, 1.82) is 0 Å². The molecule has 3 aromatic heterocycles. The van der Waals surface area contributed by atoms with Gasteiger partial charge in [0.25, 0.3) is 5.56 Å². The summed E-state index contributed by atoms with van der Waals surface area (Å²) in [5, 5.41) is 6.15. The van der Waals surface area contributed by atoms with Gasteiger partial charge in [0.05, 0.1) is 27.0 Å². The number of hydrogen-bond donors (Lipinski definition) is 1. The minimum Gasteiger partial charge on any atom is -0.342 e. The molecule has 0 radical (unpaired) electrons. The second kappa shape index (κ2) is 6.66. The first kappa shape index (κ1) is 18.3. The van der Waals surface area contributed by atoms with E-state index in [1.165, 1.54) is 9.71 Å². The highest BCUT2D eigenvalue weighted by molar-refractivity contribution is 7.18. The van der Waals surface area contributed by atoms with E-state index in [1.54, 1.807) is 17.5 Å². The van der Waals surface area contributed by atoms with Crippen LogP contribution in [0.15, 0.2) is 35.3 Å². The summed E-state index contributed by atoms with van der Waals surface area (Å²) >= 11 is 1.80. The molecule has 150 valence electrons. The highest BCUT2D eigenvalue weighted by atomic mass is 32.1. The monoisotopic (exact) mass is 408 g/mol. The quantitative estimate of drug-likeness (QED) is 0.545. The zero-order valence-electron chi connectivity index (χ0n) is 16.8. The van der Waals surface area contributed by atoms with E-state index in [0.717, 1.165) is 31.4 Å². The molecule has 1 aliphatic rings. The summed E-state index contributed by atoms with van der Waals surface area (Å²) in [5.74, 6) is 1.09. The number of aromatic nitrogens is 5. The molecule has 1 fully saturated rings. The first-order valence-electron chi connectivity index (χ1n) is 9.99. The maximum Gasteiger partial charge on any atom is 0.263 e. The Bertz CT molecular complexity index is 1210.